The first-order valence-electron chi connectivity index (χ1n) is 7.85. The molecule has 2 aromatic heterocycles. The summed E-state index contributed by atoms with van der Waals surface area (Å²) in [6.45, 7) is 4.35. The van der Waals surface area contributed by atoms with Crippen molar-refractivity contribution in [2.45, 2.75) is 13.8 Å². The summed E-state index contributed by atoms with van der Waals surface area (Å²) in [4.78, 5) is 21.1. The highest BCUT2D eigenvalue weighted by molar-refractivity contribution is 7.14. The number of hydrogen-bond donors (Lipinski definition) is 2. The van der Waals surface area contributed by atoms with Gasteiger partial charge >= 0.3 is 0 Å². The van der Waals surface area contributed by atoms with Crippen molar-refractivity contribution in [3.8, 4) is 5.75 Å². The second kappa shape index (κ2) is 7.76. The maximum atomic E-state index is 12.4. The van der Waals surface area contributed by atoms with Crippen molar-refractivity contribution < 1.29 is 9.53 Å². The highest BCUT2D eigenvalue weighted by atomic mass is 32.1. The van der Waals surface area contributed by atoms with Gasteiger partial charge in [0.25, 0.3) is 5.91 Å². The summed E-state index contributed by atoms with van der Waals surface area (Å²) >= 11 is 1.35. The van der Waals surface area contributed by atoms with Crippen LogP contribution in [0.2, 0.25) is 0 Å². The number of nitrogens with one attached hydrogen (secondary N) is 2. The average molecular weight is 354 g/mol. The molecule has 1 aromatic carbocycles. The molecule has 0 aliphatic rings. The molecule has 0 spiro atoms. The Bertz CT molecular complexity index is 879. The molecule has 25 heavy (non-hydrogen) atoms. The van der Waals surface area contributed by atoms with Crippen molar-refractivity contribution in [1.29, 1.82) is 0 Å². The van der Waals surface area contributed by atoms with Gasteiger partial charge in [0.2, 0.25) is 0 Å². The zero-order valence-corrected chi connectivity index (χ0v) is 14.8. The minimum Gasteiger partial charge on any atom is -0.492 e. The van der Waals surface area contributed by atoms with E-state index in [2.05, 4.69) is 20.6 Å². The zero-order valence-electron chi connectivity index (χ0n) is 13.9. The van der Waals surface area contributed by atoms with E-state index in [1.54, 1.807) is 11.4 Å². The topological polar surface area (TPSA) is 76.1 Å². The molecule has 0 bridgehead atoms. The molecule has 6 nitrogen and oxygen atoms in total. The monoisotopic (exact) mass is 354 g/mol. The van der Waals surface area contributed by atoms with Crippen molar-refractivity contribution in [1.82, 2.24) is 9.97 Å². The van der Waals surface area contributed by atoms with Crippen molar-refractivity contribution in [2.75, 3.05) is 17.2 Å². The van der Waals surface area contributed by atoms with Gasteiger partial charge in [-0.25, -0.2) is 9.97 Å². The third kappa shape index (κ3) is 4.33. The predicted octanol–water partition coefficient (Wildman–Crippen LogP) is 4.24. The highest BCUT2D eigenvalue weighted by Gasteiger charge is 2.13. The summed E-state index contributed by atoms with van der Waals surface area (Å²) < 4.78 is 5.52. The number of thiazole rings is 1. The lowest BCUT2D eigenvalue weighted by atomic mass is 10.3. The molecule has 0 unspecified atom stereocenters. The number of aryl methyl sites for hydroxylation is 1. The molecule has 3 rings (SSSR count). The van der Waals surface area contributed by atoms with Gasteiger partial charge in [-0.3, -0.25) is 4.79 Å². The third-order valence-corrected chi connectivity index (χ3v) is 4.05. The lowest BCUT2D eigenvalue weighted by Gasteiger charge is -2.10. The second-order valence-corrected chi connectivity index (χ2v) is 6.07. The molecule has 0 saturated heterocycles. The molecule has 0 aliphatic carbocycles. The van der Waals surface area contributed by atoms with Crippen LogP contribution in [-0.2, 0) is 0 Å². The van der Waals surface area contributed by atoms with E-state index in [4.69, 9.17) is 4.74 Å². The molecule has 0 fully saturated rings. The summed E-state index contributed by atoms with van der Waals surface area (Å²) in [5, 5.41) is 8.26. The van der Waals surface area contributed by atoms with Crippen LogP contribution < -0.4 is 15.4 Å². The quantitative estimate of drug-likeness (QED) is 0.692. The van der Waals surface area contributed by atoms with Crippen molar-refractivity contribution >= 4 is 33.9 Å². The summed E-state index contributed by atoms with van der Waals surface area (Å²) in [7, 11) is 0. The number of carbonyl (C=O) groups excluding carboxylic acids is 1. The number of aromatic nitrogens is 2. The SMILES string of the molecule is CCOc1ccccc1NC(=O)c1csc(Nc2cccc(C)n2)n1. The Hall–Kier alpha value is -2.93. The number of pyridine rings is 1. The number of para-hydroxylation sites is 2. The van der Waals surface area contributed by atoms with Gasteiger partial charge in [0.15, 0.2) is 5.13 Å². The van der Waals surface area contributed by atoms with E-state index >= 15 is 0 Å². The molecular weight excluding hydrogens is 336 g/mol. The fourth-order valence-electron chi connectivity index (χ4n) is 2.20. The Balaban J connectivity index is 1.71. The molecule has 128 valence electrons. The normalized spacial score (nSPS) is 10.3. The Morgan fingerprint density at radius 2 is 2.00 bits per heavy atom. The molecule has 0 saturated carbocycles. The standard InChI is InChI=1S/C18H18N4O2S/c1-3-24-15-9-5-4-8-13(15)20-17(23)14-11-25-18(21-14)22-16-10-6-7-12(2)19-16/h4-11H,3H2,1-2H3,(H,20,23)(H,19,21,22). The number of rotatable bonds is 6. The van der Waals surface area contributed by atoms with Crippen molar-refractivity contribution in [3.63, 3.8) is 0 Å². The maximum absolute atomic E-state index is 12.4. The average Bonchev–Trinajstić information content (AvgIpc) is 3.05. The van der Waals surface area contributed by atoms with E-state index in [-0.39, 0.29) is 5.91 Å². The first-order chi connectivity index (χ1) is 12.2. The van der Waals surface area contributed by atoms with Gasteiger partial charge in [0.05, 0.1) is 12.3 Å². The van der Waals surface area contributed by atoms with Gasteiger partial charge < -0.3 is 15.4 Å². The van der Waals surface area contributed by atoms with E-state index in [1.165, 1.54) is 11.3 Å². The van der Waals surface area contributed by atoms with Crippen LogP contribution in [0.15, 0.2) is 47.8 Å². The molecule has 7 heteroatoms. The smallest absolute Gasteiger partial charge is 0.275 e. The number of anilines is 3. The third-order valence-electron chi connectivity index (χ3n) is 3.30. The fraction of sp³-hybridized carbons (Fsp3) is 0.167. The number of nitrogens with zero attached hydrogens (tertiary/aromatic N) is 2. The Morgan fingerprint density at radius 3 is 2.80 bits per heavy atom. The molecule has 1 amide bonds. The summed E-state index contributed by atoms with van der Waals surface area (Å²) in [5.74, 6) is 1.05. The van der Waals surface area contributed by atoms with E-state index in [0.717, 1.165) is 5.69 Å². The minimum absolute atomic E-state index is 0.284. The number of ether oxygens (including phenoxy) is 1. The summed E-state index contributed by atoms with van der Waals surface area (Å²) in [6, 6.07) is 13.0. The van der Waals surface area contributed by atoms with Gasteiger partial charge in [-0.1, -0.05) is 18.2 Å². The molecular formula is C18H18N4O2S. The Labute approximate surface area is 149 Å². The van der Waals surface area contributed by atoms with Gasteiger partial charge in [0.1, 0.15) is 17.3 Å². The molecule has 0 radical (unpaired) electrons. The molecule has 0 aliphatic heterocycles. The van der Waals surface area contributed by atoms with Crippen LogP contribution in [0.25, 0.3) is 0 Å². The van der Waals surface area contributed by atoms with Crippen LogP contribution in [0.5, 0.6) is 5.75 Å². The first kappa shape index (κ1) is 16.9. The van der Waals surface area contributed by atoms with Gasteiger partial charge in [-0.2, -0.15) is 0 Å². The largest absolute Gasteiger partial charge is 0.492 e. The molecule has 3 aromatic rings. The second-order valence-electron chi connectivity index (χ2n) is 5.21. The van der Waals surface area contributed by atoms with E-state index in [0.29, 0.717) is 34.7 Å². The summed E-state index contributed by atoms with van der Waals surface area (Å²) in [6.07, 6.45) is 0. The van der Waals surface area contributed by atoms with Crippen LogP contribution in [0.4, 0.5) is 16.6 Å². The summed E-state index contributed by atoms with van der Waals surface area (Å²) in [5.41, 5.74) is 1.87. The zero-order chi connectivity index (χ0) is 17.6. The fourth-order valence-corrected chi connectivity index (χ4v) is 2.89. The van der Waals surface area contributed by atoms with E-state index in [1.807, 2.05) is 50.2 Å². The maximum Gasteiger partial charge on any atom is 0.275 e. The van der Waals surface area contributed by atoms with Crippen LogP contribution in [0, 0.1) is 6.92 Å². The van der Waals surface area contributed by atoms with E-state index in [9.17, 15) is 4.79 Å². The van der Waals surface area contributed by atoms with Crippen LogP contribution in [0.3, 0.4) is 0 Å². The Kier molecular flexibility index (Phi) is 5.25. The van der Waals surface area contributed by atoms with Crippen molar-refractivity contribution in [2.24, 2.45) is 0 Å². The van der Waals surface area contributed by atoms with Gasteiger partial charge in [0, 0.05) is 11.1 Å². The van der Waals surface area contributed by atoms with Crippen LogP contribution in [-0.4, -0.2) is 22.5 Å². The number of amides is 1. The number of carbonyl (C=O) groups is 1. The van der Waals surface area contributed by atoms with E-state index < -0.39 is 0 Å². The number of hydrogen-bond acceptors (Lipinski definition) is 6. The van der Waals surface area contributed by atoms with Crippen LogP contribution in [0.1, 0.15) is 23.1 Å². The molecule has 0 atom stereocenters. The first-order valence-corrected chi connectivity index (χ1v) is 8.73. The predicted molar refractivity (Wildman–Crippen MR) is 99.9 cm³/mol. The lowest BCUT2D eigenvalue weighted by molar-refractivity contribution is 0.102. The Morgan fingerprint density at radius 1 is 1.16 bits per heavy atom. The van der Waals surface area contributed by atoms with Gasteiger partial charge in [-0.05, 0) is 38.1 Å². The number of benzene rings is 1. The van der Waals surface area contributed by atoms with Gasteiger partial charge in [-0.15, -0.1) is 11.3 Å². The highest BCUT2D eigenvalue weighted by Crippen LogP contribution is 2.25. The minimum atomic E-state index is -0.284. The van der Waals surface area contributed by atoms with Crippen molar-refractivity contribution in [3.05, 3.63) is 59.2 Å². The lowest BCUT2D eigenvalue weighted by Crippen LogP contribution is -2.13. The van der Waals surface area contributed by atoms with Crippen LogP contribution >= 0.6 is 11.3 Å². The molecule has 2 heterocycles. The molecule has 2 N–H and O–H groups in total.